The Bertz CT molecular complexity index is 525. The lowest BCUT2D eigenvalue weighted by Gasteiger charge is -2.07. The van der Waals surface area contributed by atoms with Gasteiger partial charge in [0.15, 0.2) is 0 Å². The zero-order valence-corrected chi connectivity index (χ0v) is 12.4. The first kappa shape index (κ1) is 13.7. The van der Waals surface area contributed by atoms with Crippen LogP contribution in [0.25, 0.3) is 0 Å². The Morgan fingerprint density at radius 1 is 1.22 bits per heavy atom. The highest BCUT2D eigenvalue weighted by Gasteiger charge is 2.06. The zero-order chi connectivity index (χ0) is 13.1. The van der Waals surface area contributed by atoms with Crippen LogP contribution in [0.1, 0.15) is 5.56 Å². The topological polar surface area (TPSA) is 26.0 Å². The van der Waals surface area contributed by atoms with Gasteiger partial charge in [0.1, 0.15) is 5.82 Å². The summed E-state index contributed by atoms with van der Waals surface area (Å²) in [6, 6.07) is 10.4. The standard InChI is InChI=1S/C13H10BrClFNS/c14-9-2-4-13(12(17)5-9)18-7-8-1-3-10(15)6-11(8)16/h1-6H,7,17H2. The lowest BCUT2D eigenvalue weighted by molar-refractivity contribution is 0.617. The number of benzene rings is 2. The summed E-state index contributed by atoms with van der Waals surface area (Å²) >= 11 is 10.6. The van der Waals surface area contributed by atoms with Crippen LogP contribution < -0.4 is 5.73 Å². The van der Waals surface area contributed by atoms with Gasteiger partial charge in [-0.1, -0.05) is 33.6 Å². The van der Waals surface area contributed by atoms with Crippen LogP contribution in [0.4, 0.5) is 10.1 Å². The van der Waals surface area contributed by atoms with Crippen molar-refractivity contribution in [1.82, 2.24) is 0 Å². The lowest BCUT2D eigenvalue weighted by atomic mass is 10.2. The maximum atomic E-state index is 13.6. The summed E-state index contributed by atoms with van der Waals surface area (Å²) in [6.45, 7) is 0. The minimum atomic E-state index is -0.286. The van der Waals surface area contributed by atoms with Crippen molar-refractivity contribution in [3.63, 3.8) is 0 Å². The Balaban J connectivity index is 2.11. The Hall–Kier alpha value is -0.710. The number of rotatable bonds is 3. The molecule has 5 heteroatoms. The van der Waals surface area contributed by atoms with Crippen LogP contribution >= 0.6 is 39.3 Å². The molecule has 1 nitrogen and oxygen atoms in total. The molecule has 2 aromatic rings. The Labute approximate surface area is 123 Å². The molecule has 0 radical (unpaired) electrons. The molecule has 0 amide bonds. The van der Waals surface area contributed by atoms with E-state index < -0.39 is 0 Å². The molecule has 18 heavy (non-hydrogen) atoms. The fourth-order valence-corrected chi connectivity index (χ4v) is 2.92. The third-order valence-electron chi connectivity index (χ3n) is 2.37. The van der Waals surface area contributed by atoms with Crippen molar-refractivity contribution in [3.05, 3.63) is 57.3 Å². The monoisotopic (exact) mass is 345 g/mol. The Morgan fingerprint density at radius 3 is 2.67 bits per heavy atom. The van der Waals surface area contributed by atoms with Crippen molar-refractivity contribution in [1.29, 1.82) is 0 Å². The average molecular weight is 347 g/mol. The quantitative estimate of drug-likeness (QED) is 0.617. The van der Waals surface area contributed by atoms with Gasteiger partial charge in [-0.05, 0) is 35.9 Å². The van der Waals surface area contributed by atoms with Crippen LogP contribution in [0.3, 0.4) is 0 Å². The van der Waals surface area contributed by atoms with Gasteiger partial charge < -0.3 is 5.73 Å². The predicted molar refractivity (Wildman–Crippen MR) is 79.5 cm³/mol. The van der Waals surface area contributed by atoms with Crippen molar-refractivity contribution in [3.8, 4) is 0 Å². The van der Waals surface area contributed by atoms with Crippen molar-refractivity contribution in [2.75, 3.05) is 5.73 Å². The van der Waals surface area contributed by atoms with E-state index >= 15 is 0 Å². The molecule has 0 aliphatic carbocycles. The summed E-state index contributed by atoms with van der Waals surface area (Å²) in [4.78, 5) is 0.938. The van der Waals surface area contributed by atoms with Crippen molar-refractivity contribution in [2.24, 2.45) is 0 Å². The number of halogens is 3. The molecular formula is C13H10BrClFNS. The molecule has 0 bridgehead atoms. The molecule has 2 aromatic carbocycles. The minimum Gasteiger partial charge on any atom is -0.398 e. The zero-order valence-electron chi connectivity index (χ0n) is 9.29. The van der Waals surface area contributed by atoms with E-state index in [-0.39, 0.29) is 5.82 Å². The molecule has 2 N–H and O–H groups in total. The molecule has 0 spiro atoms. The minimum absolute atomic E-state index is 0.286. The van der Waals surface area contributed by atoms with Gasteiger partial charge in [-0.2, -0.15) is 0 Å². The lowest BCUT2D eigenvalue weighted by Crippen LogP contribution is -1.91. The molecule has 0 heterocycles. The van der Waals surface area contributed by atoms with Gasteiger partial charge in [-0.15, -0.1) is 11.8 Å². The number of anilines is 1. The second-order valence-corrected chi connectivity index (χ2v) is 6.08. The van der Waals surface area contributed by atoms with Crippen LogP contribution in [-0.4, -0.2) is 0 Å². The highest BCUT2D eigenvalue weighted by Crippen LogP contribution is 2.31. The van der Waals surface area contributed by atoms with Gasteiger partial charge in [0.25, 0.3) is 0 Å². The predicted octanol–water partition coefficient (Wildman–Crippen LogP) is 5.12. The largest absolute Gasteiger partial charge is 0.398 e. The number of thioether (sulfide) groups is 1. The van der Waals surface area contributed by atoms with E-state index in [2.05, 4.69) is 15.9 Å². The molecule has 94 valence electrons. The maximum Gasteiger partial charge on any atom is 0.128 e. The van der Waals surface area contributed by atoms with Gasteiger partial charge in [0, 0.05) is 25.8 Å². The Morgan fingerprint density at radius 2 is 2.00 bits per heavy atom. The average Bonchev–Trinajstić information content (AvgIpc) is 2.30. The molecule has 0 saturated carbocycles. The van der Waals surface area contributed by atoms with E-state index in [4.69, 9.17) is 17.3 Å². The van der Waals surface area contributed by atoms with Gasteiger partial charge in [0.05, 0.1) is 0 Å². The number of hydrogen-bond donors (Lipinski definition) is 1. The highest BCUT2D eigenvalue weighted by atomic mass is 79.9. The van der Waals surface area contributed by atoms with Crippen LogP contribution in [0.2, 0.25) is 5.02 Å². The smallest absolute Gasteiger partial charge is 0.128 e. The van der Waals surface area contributed by atoms with Gasteiger partial charge in [-0.25, -0.2) is 4.39 Å². The van der Waals surface area contributed by atoms with Gasteiger partial charge in [-0.3, -0.25) is 0 Å². The first-order chi connectivity index (χ1) is 8.56. The van der Waals surface area contributed by atoms with E-state index in [1.54, 1.807) is 12.1 Å². The van der Waals surface area contributed by atoms with Crippen LogP contribution in [0.5, 0.6) is 0 Å². The van der Waals surface area contributed by atoms with Gasteiger partial charge in [0.2, 0.25) is 0 Å². The number of nitrogen functional groups attached to an aromatic ring is 1. The summed E-state index contributed by atoms with van der Waals surface area (Å²) in [6.07, 6.45) is 0. The highest BCUT2D eigenvalue weighted by molar-refractivity contribution is 9.10. The maximum absolute atomic E-state index is 13.6. The summed E-state index contributed by atoms with van der Waals surface area (Å²) in [5, 5.41) is 0.407. The first-order valence-electron chi connectivity index (χ1n) is 5.18. The summed E-state index contributed by atoms with van der Waals surface area (Å²) in [5.74, 6) is 0.236. The van der Waals surface area contributed by atoms with E-state index in [0.29, 0.717) is 22.0 Å². The van der Waals surface area contributed by atoms with E-state index in [1.807, 2.05) is 18.2 Å². The fraction of sp³-hybridized carbons (Fsp3) is 0.0769. The SMILES string of the molecule is Nc1cc(Br)ccc1SCc1ccc(Cl)cc1F. The van der Waals surface area contributed by atoms with E-state index in [9.17, 15) is 4.39 Å². The molecule has 0 aliphatic heterocycles. The molecule has 0 aromatic heterocycles. The first-order valence-corrected chi connectivity index (χ1v) is 7.33. The molecule has 0 unspecified atom stereocenters. The third-order valence-corrected chi connectivity index (χ3v) is 4.24. The number of nitrogens with two attached hydrogens (primary N) is 1. The van der Waals surface area contributed by atoms with Crippen molar-refractivity contribution < 1.29 is 4.39 Å². The second kappa shape index (κ2) is 5.95. The van der Waals surface area contributed by atoms with E-state index in [0.717, 1.165) is 9.37 Å². The molecule has 0 fully saturated rings. The normalized spacial score (nSPS) is 10.6. The van der Waals surface area contributed by atoms with E-state index in [1.165, 1.54) is 17.8 Å². The van der Waals surface area contributed by atoms with Crippen molar-refractivity contribution in [2.45, 2.75) is 10.6 Å². The molecule has 0 aliphatic rings. The summed E-state index contributed by atoms with van der Waals surface area (Å²) in [7, 11) is 0. The molecule has 0 saturated heterocycles. The fourth-order valence-electron chi connectivity index (χ4n) is 1.45. The van der Waals surface area contributed by atoms with Gasteiger partial charge >= 0.3 is 0 Å². The molecule has 2 rings (SSSR count). The third kappa shape index (κ3) is 3.40. The molecule has 0 atom stereocenters. The van der Waals surface area contributed by atoms with Crippen molar-refractivity contribution >= 4 is 45.0 Å². The summed E-state index contributed by atoms with van der Waals surface area (Å²) in [5.41, 5.74) is 7.18. The van der Waals surface area contributed by atoms with Crippen LogP contribution in [0.15, 0.2) is 45.8 Å². The summed E-state index contributed by atoms with van der Waals surface area (Å²) < 4.78 is 14.5. The molecular weight excluding hydrogens is 337 g/mol. The van der Waals surface area contributed by atoms with Crippen LogP contribution in [-0.2, 0) is 5.75 Å². The van der Waals surface area contributed by atoms with Crippen LogP contribution in [0, 0.1) is 5.82 Å². The number of hydrogen-bond acceptors (Lipinski definition) is 2. The second-order valence-electron chi connectivity index (χ2n) is 3.71. The Kier molecular flexibility index (Phi) is 4.54.